The minimum Gasteiger partial charge on any atom is -0.394 e. The summed E-state index contributed by atoms with van der Waals surface area (Å²) >= 11 is 0. The molecule has 1 heterocycles. The molecule has 106 valence electrons. The molecular formula is C12H21N5O2. The summed E-state index contributed by atoms with van der Waals surface area (Å²) in [6, 6.07) is -0.880. The summed E-state index contributed by atoms with van der Waals surface area (Å²) in [6.45, 7) is 3.53. The van der Waals surface area contributed by atoms with Crippen molar-refractivity contribution in [2.24, 2.45) is 5.73 Å². The number of aryl methyl sites for hydroxylation is 1. The number of primary amides is 1. The largest absolute Gasteiger partial charge is 0.394 e. The highest BCUT2D eigenvalue weighted by molar-refractivity contribution is 5.83. The molecule has 7 nitrogen and oxygen atoms in total. The molecule has 0 saturated carbocycles. The van der Waals surface area contributed by atoms with Gasteiger partial charge in [-0.05, 0) is 19.8 Å². The van der Waals surface area contributed by atoms with Crippen molar-refractivity contribution in [3.63, 3.8) is 0 Å². The van der Waals surface area contributed by atoms with E-state index in [9.17, 15) is 4.79 Å². The SMILES string of the molecule is CCCCc1c(C)nc(N)nc1N[C@@H](CO)C(N)=O. The van der Waals surface area contributed by atoms with Crippen LogP contribution in [0.15, 0.2) is 0 Å². The summed E-state index contributed by atoms with van der Waals surface area (Å²) in [4.78, 5) is 19.4. The van der Waals surface area contributed by atoms with E-state index in [1.54, 1.807) is 0 Å². The van der Waals surface area contributed by atoms with Gasteiger partial charge in [-0.1, -0.05) is 13.3 Å². The van der Waals surface area contributed by atoms with Gasteiger partial charge in [0.25, 0.3) is 0 Å². The standard InChI is InChI=1S/C12H21N5O2/c1-3-4-5-8-7(2)15-12(14)17-11(8)16-9(6-18)10(13)19/h9,18H,3-6H2,1-2H3,(H2,13,19)(H3,14,15,16,17)/t9-/m0/s1. The van der Waals surface area contributed by atoms with E-state index < -0.39 is 18.6 Å². The number of nitrogens with zero attached hydrogens (tertiary/aromatic N) is 2. The number of nitrogens with two attached hydrogens (primary N) is 2. The Morgan fingerprint density at radius 3 is 2.68 bits per heavy atom. The van der Waals surface area contributed by atoms with Crippen molar-refractivity contribution in [1.29, 1.82) is 0 Å². The molecule has 1 aromatic rings. The highest BCUT2D eigenvalue weighted by atomic mass is 16.3. The maximum Gasteiger partial charge on any atom is 0.242 e. The van der Waals surface area contributed by atoms with Crippen LogP contribution in [-0.2, 0) is 11.2 Å². The van der Waals surface area contributed by atoms with Gasteiger partial charge in [0.15, 0.2) is 0 Å². The van der Waals surface area contributed by atoms with Crippen LogP contribution in [0, 0.1) is 6.92 Å². The molecule has 0 aliphatic rings. The van der Waals surface area contributed by atoms with E-state index in [2.05, 4.69) is 22.2 Å². The maximum absolute atomic E-state index is 11.2. The number of nitrogen functional groups attached to an aromatic ring is 1. The Hall–Kier alpha value is -1.89. The van der Waals surface area contributed by atoms with Gasteiger partial charge in [0, 0.05) is 11.3 Å². The number of aliphatic hydroxyl groups is 1. The van der Waals surface area contributed by atoms with Crippen molar-refractivity contribution in [3.05, 3.63) is 11.3 Å². The molecule has 0 radical (unpaired) electrons. The van der Waals surface area contributed by atoms with Crippen molar-refractivity contribution >= 4 is 17.7 Å². The molecule has 0 saturated heterocycles. The molecule has 0 fully saturated rings. The summed E-state index contributed by atoms with van der Waals surface area (Å²) in [5.41, 5.74) is 12.5. The predicted octanol–water partition coefficient (Wildman–Crippen LogP) is -0.0321. The molecule has 19 heavy (non-hydrogen) atoms. The van der Waals surface area contributed by atoms with Gasteiger partial charge in [-0.3, -0.25) is 4.79 Å². The first-order valence-electron chi connectivity index (χ1n) is 6.29. The molecule has 0 bridgehead atoms. The average Bonchev–Trinajstić information content (AvgIpc) is 2.34. The van der Waals surface area contributed by atoms with E-state index in [1.165, 1.54) is 0 Å². The lowest BCUT2D eigenvalue weighted by atomic mass is 10.1. The number of carbonyl (C=O) groups excluding carboxylic acids is 1. The van der Waals surface area contributed by atoms with Gasteiger partial charge in [0.2, 0.25) is 11.9 Å². The maximum atomic E-state index is 11.2. The molecule has 0 aliphatic carbocycles. The number of anilines is 2. The zero-order valence-electron chi connectivity index (χ0n) is 11.3. The number of carbonyl (C=O) groups is 1. The molecule has 0 aliphatic heterocycles. The van der Waals surface area contributed by atoms with Crippen LogP contribution in [0.2, 0.25) is 0 Å². The van der Waals surface area contributed by atoms with E-state index in [-0.39, 0.29) is 5.95 Å². The molecule has 0 aromatic carbocycles. The number of unbranched alkanes of at least 4 members (excludes halogenated alkanes) is 1. The third kappa shape index (κ3) is 4.06. The van der Waals surface area contributed by atoms with Gasteiger partial charge >= 0.3 is 0 Å². The summed E-state index contributed by atoms with van der Waals surface area (Å²) in [7, 11) is 0. The minimum atomic E-state index is -0.880. The van der Waals surface area contributed by atoms with Gasteiger partial charge in [0.05, 0.1) is 6.61 Å². The minimum absolute atomic E-state index is 0.126. The first-order valence-corrected chi connectivity index (χ1v) is 6.29. The summed E-state index contributed by atoms with van der Waals surface area (Å²) in [6.07, 6.45) is 2.79. The average molecular weight is 267 g/mol. The molecule has 1 atom stereocenters. The Balaban J connectivity index is 3.05. The number of hydrogen-bond donors (Lipinski definition) is 4. The van der Waals surface area contributed by atoms with Crippen molar-refractivity contribution in [3.8, 4) is 0 Å². The molecular weight excluding hydrogens is 246 g/mol. The van der Waals surface area contributed by atoms with Crippen LogP contribution in [0.5, 0.6) is 0 Å². The number of hydrogen-bond acceptors (Lipinski definition) is 6. The van der Waals surface area contributed by atoms with Crippen molar-refractivity contribution in [1.82, 2.24) is 9.97 Å². The lowest BCUT2D eigenvalue weighted by molar-refractivity contribution is -0.119. The van der Waals surface area contributed by atoms with Crippen LogP contribution in [0.4, 0.5) is 11.8 Å². The molecule has 1 aromatic heterocycles. The molecule has 1 rings (SSSR count). The van der Waals surface area contributed by atoms with Crippen LogP contribution >= 0.6 is 0 Å². The van der Waals surface area contributed by atoms with Crippen molar-refractivity contribution in [2.45, 2.75) is 39.2 Å². The van der Waals surface area contributed by atoms with Gasteiger partial charge in [-0.15, -0.1) is 0 Å². The summed E-state index contributed by atoms with van der Waals surface area (Å²) in [5, 5.41) is 12.0. The normalized spacial score (nSPS) is 12.2. The van der Waals surface area contributed by atoms with Gasteiger partial charge in [0.1, 0.15) is 11.9 Å². The molecule has 0 unspecified atom stereocenters. The van der Waals surface area contributed by atoms with E-state index >= 15 is 0 Å². The van der Waals surface area contributed by atoms with Crippen LogP contribution in [0.1, 0.15) is 31.0 Å². The van der Waals surface area contributed by atoms with Crippen LogP contribution in [-0.4, -0.2) is 33.6 Å². The highest BCUT2D eigenvalue weighted by Gasteiger charge is 2.18. The Morgan fingerprint density at radius 1 is 1.47 bits per heavy atom. The number of nitrogens with one attached hydrogen (secondary N) is 1. The molecule has 7 heteroatoms. The van der Waals surface area contributed by atoms with E-state index in [1.807, 2.05) is 6.92 Å². The monoisotopic (exact) mass is 267 g/mol. The number of aliphatic hydroxyl groups excluding tert-OH is 1. The van der Waals surface area contributed by atoms with Crippen LogP contribution in [0.25, 0.3) is 0 Å². The lowest BCUT2D eigenvalue weighted by Crippen LogP contribution is -2.39. The van der Waals surface area contributed by atoms with Gasteiger partial charge < -0.3 is 21.9 Å². The quantitative estimate of drug-likeness (QED) is 0.549. The second kappa shape index (κ2) is 6.89. The fourth-order valence-corrected chi connectivity index (χ4v) is 1.76. The Kier molecular flexibility index (Phi) is 5.50. The number of amides is 1. The third-order valence-corrected chi connectivity index (χ3v) is 2.85. The number of aromatic nitrogens is 2. The van der Waals surface area contributed by atoms with Crippen LogP contribution < -0.4 is 16.8 Å². The van der Waals surface area contributed by atoms with Crippen LogP contribution in [0.3, 0.4) is 0 Å². The second-order valence-electron chi connectivity index (χ2n) is 4.38. The molecule has 1 amide bonds. The predicted molar refractivity (Wildman–Crippen MR) is 73.5 cm³/mol. The zero-order valence-corrected chi connectivity index (χ0v) is 11.3. The van der Waals surface area contributed by atoms with Gasteiger partial charge in [-0.25, -0.2) is 4.98 Å². The summed E-state index contributed by atoms with van der Waals surface area (Å²) in [5.74, 6) is -0.0449. The van der Waals surface area contributed by atoms with Crippen molar-refractivity contribution < 1.29 is 9.90 Å². The van der Waals surface area contributed by atoms with E-state index in [4.69, 9.17) is 16.6 Å². The Morgan fingerprint density at radius 2 is 2.16 bits per heavy atom. The fraction of sp³-hybridized carbons (Fsp3) is 0.583. The third-order valence-electron chi connectivity index (χ3n) is 2.85. The van der Waals surface area contributed by atoms with Gasteiger partial charge in [-0.2, -0.15) is 4.98 Å². The molecule has 0 spiro atoms. The highest BCUT2D eigenvalue weighted by Crippen LogP contribution is 2.20. The van der Waals surface area contributed by atoms with Crippen molar-refractivity contribution in [2.75, 3.05) is 17.7 Å². The Labute approximate surface area is 112 Å². The molecule has 6 N–H and O–H groups in total. The summed E-state index contributed by atoms with van der Waals surface area (Å²) < 4.78 is 0. The first-order chi connectivity index (χ1) is 8.99. The fourth-order valence-electron chi connectivity index (χ4n) is 1.76. The second-order valence-corrected chi connectivity index (χ2v) is 4.38. The van der Waals surface area contributed by atoms with E-state index in [0.29, 0.717) is 5.82 Å². The lowest BCUT2D eigenvalue weighted by Gasteiger charge is -2.17. The number of rotatable bonds is 7. The smallest absolute Gasteiger partial charge is 0.242 e. The first kappa shape index (κ1) is 15.2. The van der Waals surface area contributed by atoms with E-state index in [0.717, 1.165) is 30.5 Å². The Bertz CT molecular complexity index is 450. The topological polar surface area (TPSA) is 127 Å². The zero-order chi connectivity index (χ0) is 14.4.